The van der Waals surface area contributed by atoms with Crippen LogP contribution in [0.1, 0.15) is 27.2 Å². The second kappa shape index (κ2) is 7.79. The van der Waals surface area contributed by atoms with E-state index in [1.807, 2.05) is 26.8 Å². The number of amides is 1. The third kappa shape index (κ3) is 6.19. The molecule has 1 fully saturated rings. The number of hydrogen-bond donors (Lipinski definition) is 1. The van der Waals surface area contributed by atoms with Gasteiger partial charge in [0.05, 0.1) is 12.7 Å². The SMILES string of the molecule is CC(C)(C)OC(=O)NCCC1CN(c2ccc(Cl)nn2)CCO1. The van der Waals surface area contributed by atoms with Crippen LogP contribution in [0.25, 0.3) is 0 Å². The standard InChI is InChI=1S/C15H23ClN4O3/c1-15(2,3)23-14(21)17-7-6-11-10-20(8-9-22-11)13-5-4-12(16)18-19-13/h4-5,11H,6-10H2,1-3H3,(H,17,21). The summed E-state index contributed by atoms with van der Waals surface area (Å²) >= 11 is 5.75. The average Bonchev–Trinajstić information content (AvgIpc) is 2.46. The predicted octanol–water partition coefficient (Wildman–Crippen LogP) is 2.25. The van der Waals surface area contributed by atoms with Crippen LogP contribution in [0, 0.1) is 0 Å². The van der Waals surface area contributed by atoms with Gasteiger partial charge in [-0.3, -0.25) is 0 Å². The van der Waals surface area contributed by atoms with Crippen molar-refractivity contribution in [2.45, 2.75) is 38.9 Å². The molecule has 2 heterocycles. The maximum Gasteiger partial charge on any atom is 0.407 e. The zero-order valence-corrected chi connectivity index (χ0v) is 14.5. The Morgan fingerprint density at radius 2 is 2.26 bits per heavy atom. The molecule has 0 aromatic carbocycles. The smallest absolute Gasteiger partial charge is 0.407 e. The van der Waals surface area contributed by atoms with Crippen LogP contribution in [-0.2, 0) is 9.47 Å². The first-order chi connectivity index (χ1) is 10.8. The van der Waals surface area contributed by atoms with Crippen molar-refractivity contribution in [1.29, 1.82) is 0 Å². The molecule has 0 aliphatic carbocycles. The summed E-state index contributed by atoms with van der Waals surface area (Å²) in [6.45, 7) is 8.07. The van der Waals surface area contributed by atoms with Gasteiger partial charge in [0.15, 0.2) is 11.0 Å². The molecule has 1 unspecified atom stereocenters. The summed E-state index contributed by atoms with van der Waals surface area (Å²) in [6.07, 6.45) is 0.321. The second-order valence-corrected chi connectivity index (χ2v) is 6.76. The van der Waals surface area contributed by atoms with Crippen molar-refractivity contribution >= 4 is 23.5 Å². The van der Waals surface area contributed by atoms with E-state index in [4.69, 9.17) is 21.1 Å². The lowest BCUT2D eigenvalue weighted by atomic mass is 10.2. The highest BCUT2D eigenvalue weighted by Crippen LogP contribution is 2.17. The first-order valence-electron chi connectivity index (χ1n) is 7.66. The predicted molar refractivity (Wildman–Crippen MR) is 87.8 cm³/mol. The normalized spacial score (nSPS) is 18.6. The summed E-state index contributed by atoms with van der Waals surface area (Å²) in [5, 5.41) is 11.1. The third-order valence-corrected chi connectivity index (χ3v) is 3.42. The summed E-state index contributed by atoms with van der Waals surface area (Å²) in [5.41, 5.74) is -0.491. The van der Waals surface area contributed by atoms with Crippen LogP contribution in [0.2, 0.25) is 5.15 Å². The number of rotatable bonds is 4. The summed E-state index contributed by atoms with van der Waals surface area (Å²) in [4.78, 5) is 13.7. The number of morpholine rings is 1. The van der Waals surface area contributed by atoms with E-state index in [2.05, 4.69) is 20.4 Å². The van der Waals surface area contributed by atoms with E-state index < -0.39 is 11.7 Å². The Kier molecular flexibility index (Phi) is 6.01. The van der Waals surface area contributed by atoms with Crippen molar-refractivity contribution in [1.82, 2.24) is 15.5 Å². The van der Waals surface area contributed by atoms with Crippen LogP contribution < -0.4 is 10.2 Å². The molecular formula is C15H23ClN4O3. The van der Waals surface area contributed by atoms with Gasteiger partial charge in [0.1, 0.15) is 5.60 Å². The van der Waals surface area contributed by atoms with Gasteiger partial charge in [-0.25, -0.2) is 4.79 Å². The van der Waals surface area contributed by atoms with Gasteiger partial charge in [-0.1, -0.05) is 11.6 Å². The number of alkyl carbamates (subject to hydrolysis) is 1. The number of anilines is 1. The molecule has 1 aliphatic heterocycles. The highest BCUT2D eigenvalue weighted by Gasteiger charge is 2.22. The molecular weight excluding hydrogens is 320 g/mol. The molecule has 0 radical (unpaired) electrons. The van der Waals surface area contributed by atoms with E-state index >= 15 is 0 Å². The first kappa shape index (κ1) is 17.7. The minimum atomic E-state index is -0.491. The summed E-state index contributed by atoms with van der Waals surface area (Å²) in [7, 11) is 0. The number of ether oxygens (including phenoxy) is 2. The molecule has 0 spiro atoms. The van der Waals surface area contributed by atoms with E-state index in [1.165, 1.54) is 0 Å². The monoisotopic (exact) mass is 342 g/mol. The molecule has 1 aromatic heterocycles. The molecule has 1 N–H and O–H groups in total. The number of carbonyl (C=O) groups excluding carboxylic acids is 1. The molecule has 1 aliphatic rings. The van der Waals surface area contributed by atoms with Crippen molar-refractivity contribution in [2.75, 3.05) is 31.1 Å². The Hall–Kier alpha value is -1.60. The second-order valence-electron chi connectivity index (χ2n) is 6.37. The fraction of sp³-hybridized carbons (Fsp3) is 0.667. The van der Waals surface area contributed by atoms with Crippen molar-refractivity contribution in [2.24, 2.45) is 0 Å². The van der Waals surface area contributed by atoms with Gasteiger partial charge in [0.25, 0.3) is 0 Å². The van der Waals surface area contributed by atoms with Gasteiger partial charge in [-0.2, -0.15) is 0 Å². The van der Waals surface area contributed by atoms with Crippen LogP contribution in [0.15, 0.2) is 12.1 Å². The van der Waals surface area contributed by atoms with E-state index in [0.29, 0.717) is 31.3 Å². The molecule has 1 atom stereocenters. The largest absolute Gasteiger partial charge is 0.444 e. The molecule has 2 rings (SSSR count). The Labute approximate surface area is 141 Å². The van der Waals surface area contributed by atoms with Crippen molar-refractivity contribution < 1.29 is 14.3 Å². The summed E-state index contributed by atoms with van der Waals surface area (Å²) in [6, 6.07) is 3.56. The Morgan fingerprint density at radius 3 is 2.91 bits per heavy atom. The molecule has 7 nitrogen and oxygen atoms in total. The molecule has 1 saturated heterocycles. The van der Waals surface area contributed by atoms with Gasteiger partial charge >= 0.3 is 6.09 Å². The minimum absolute atomic E-state index is 0.0242. The van der Waals surface area contributed by atoms with E-state index in [0.717, 1.165) is 12.4 Å². The van der Waals surface area contributed by atoms with Gasteiger partial charge in [0.2, 0.25) is 0 Å². The van der Waals surface area contributed by atoms with Crippen molar-refractivity contribution in [3.05, 3.63) is 17.3 Å². The zero-order valence-electron chi connectivity index (χ0n) is 13.7. The number of halogens is 1. The molecule has 1 aromatic rings. The number of aromatic nitrogens is 2. The molecule has 23 heavy (non-hydrogen) atoms. The van der Waals surface area contributed by atoms with Crippen molar-refractivity contribution in [3.8, 4) is 0 Å². The Bertz CT molecular complexity index is 518. The number of nitrogens with zero attached hydrogens (tertiary/aromatic N) is 3. The summed E-state index contributed by atoms with van der Waals surface area (Å²) in [5.74, 6) is 0.780. The summed E-state index contributed by atoms with van der Waals surface area (Å²) < 4.78 is 10.9. The van der Waals surface area contributed by atoms with Gasteiger partial charge in [0, 0.05) is 19.6 Å². The number of carbonyl (C=O) groups is 1. The van der Waals surface area contributed by atoms with E-state index in [9.17, 15) is 4.79 Å². The highest BCUT2D eigenvalue weighted by atomic mass is 35.5. The van der Waals surface area contributed by atoms with E-state index in [-0.39, 0.29) is 6.10 Å². The maximum absolute atomic E-state index is 11.6. The van der Waals surface area contributed by atoms with E-state index in [1.54, 1.807) is 6.07 Å². The Balaban J connectivity index is 1.76. The van der Waals surface area contributed by atoms with Crippen LogP contribution in [0.4, 0.5) is 10.6 Å². The van der Waals surface area contributed by atoms with Crippen LogP contribution in [-0.4, -0.2) is 54.2 Å². The van der Waals surface area contributed by atoms with Crippen LogP contribution >= 0.6 is 11.6 Å². The Morgan fingerprint density at radius 1 is 1.48 bits per heavy atom. The van der Waals surface area contributed by atoms with Gasteiger partial charge in [-0.15, -0.1) is 10.2 Å². The molecule has 0 bridgehead atoms. The minimum Gasteiger partial charge on any atom is -0.444 e. The van der Waals surface area contributed by atoms with Gasteiger partial charge < -0.3 is 19.7 Å². The van der Waals surface area contributed by atoms with Gasteiger partial charge in [-0.05, 0) is 39.3 Å². The fourth-order valence-electron chi connectivity index (χ4n) is 2.23. The lowest BCUT2D eigenvalue weighted by Crippen LogP contribution is -2.44. The first-order valence-corrected chi connectivity index (χ1v) is 8.04. The number of hydrogen-bond acceptors (Lipinski definition) is 6. The zero-order chi connectivity index (χ0) is 16.9. The molecule has 0 saturated carbocycles. The number of nitrogens with one attached hydrogen (secondary N) is 1. The lowest BCUT2D eigenvalue weighted by Gasteiger charge is -2.33. The highest BCUT2D eigenvalue weighted by molar-refractivity contribution is 6.29. The lowest BCUT2D eigenvalue weighted by molar-refractivity contribution is 0.0318. The van der Waals surface area contributed by atoms with Crippen LogP contribution in [0.5, 0.6) is 0 Å². The molecule has 128 valence electrons. The molecule has 1 amide bonds. The van der Waals surface area contributed by atoms with Crippen molar-refractivity contribution in [3.63, 3.8) is 0 Å². The third-order valence-electron chi connectivity index (χ3n) is 3.22. The quantitative estimate of drug-likeness (QED) is 0.904. The maximum atomic E-state index is 11.6. The molecule has 8 heteroatoms. The topological polar surface area (TPSA) is 76.6 Å². The fourth-order valence-corrected chi connectivity index (χ4v) is 2.33. The average molecular weight is 343 g/mol. The van der Waals surface area contributed by atoms with Crippen LogP contribution in [0.3, 0.4) is 0 Å².